The molecule has 1 aliphatic rings. The number of ether oxygens (including phenoxy) is 2. The molecule has 0 spiro atoms. The Morgan fingerprint density at radius 3 is 2.45 bits per heavy atom. The third-order valence-corrected chi connectivity index (χ3v) is 5.99. The number of hydrogen-bond donors (Lipinski definition) is 0. The van der Waals surface area contributed by atoms with E-state index in [0.29, 0.717) is 32.5 Å². The Bertz CT molecular complexity index is 922. The third kappa shape index (κ3) is 5.44. The zero-order valence-electron chi connectivity index (χ0n) is 19.1. The minimum absolute atomic E-state index is 0.0376. The van der Waals surface area contributed by atoms with Crippen LogP contribution in [0.15, 0.2) is 24.3 Å². The lowest BCUT2D eigenvalue weighted by Crippen LogP contribution is -2.39. The molecule has 8 nitrogen and oxygen atoms in total. The van der Waals surface area contributed by atoms with Crippen LogP contribution in [0.25, 0.3) is 0 Å². The molecule has 0 radical (unpaired) electrons. The highest BCUT2D eigenvalue weighted by molar-refractivity contribution is 5.85. The fourth-order valence-electron chi connectivity index (χ4n) is 3.99. The van der Waals surface area contributed by atoms with E-state index < -0.39 is 0 Å². The molecule has 168 valence electrons. The van der Waals surface area contributed by atoms with E-state index in [9.17, 15) is 9.59 Å². The van der Waals surface area contributed by atoms with Crippen molar-refractivity contribution >= 4 is 11.8 Å². The van der Waals surface area contributed by atoms with Gasteiger partial charge in [0.1, 0.15) is 5.75 Å². The van der Waals surface area contributed by atoms with Crippen molar-refractivity contribution < 1.29 is 19.1 Å². The van der Waals surface area contributed by atoms with Crippen molar-refractivity contribution in [2.24, 2.45) is 7.05 Å². The van der Waals surface area contributed by atoms with Gasteiger partial charge in [0.05, 0.1) is 25.5 Å². The van der Waals surface area contributed by atoms with Gasteiger partial charge in [-0.3, -0.25) is 14.3 Å². The van der Waals surface area contributed by atoms with E-state index in [1.807, 2.05) is 49.8 Å². The quantitative estimate of drug-likeness (QED) is 0.673. The summed E-state index contributed by atoms with van der Waals surface area (Å²) in [6.07, 6.45) is 0.730. The Balaban J connectivity index is 1.65. The minimum atomic E-state index is -0.226. The number of carbonyl (C=O) groups excluding carboxylic acids is 2. The van der Waals surface area contributed by atoms with E-state index in [2.05, 4.69) is 5.10 Å². The predicted octanol–water partition coefficient (Wildman–Crippen LogP) is 1.86. The molecule has 1 fully saturated rings. The standard InChI is InChI=1S/C23H32N4O4/c1-16-21(17(2)25(3)24-16)10-11-22(28)27-14-20(31-5)13-26(23(29)15-27)12-18-6-8-19(30-4)9-7-18/h6-9,20H,10-15H2,1-5H3. The molecule has 0 bridgehead atoms. The van der Waals surface area contributed by atoms with Gasteiger partial charge in [0, 0.05) is 45.9 Å². The summed E-state index contributed by atoms with van der Waals surface area (Å²) in [4.78, 5) is 29.3. The summed E-state index contributed by atoms with van der Waals surface area (Å²) in [6.45, 7) is 5.36. The van der Waals surface area contributed by atoms with Crippen molar-refractivity contribution in [3.8, 4) is 5.75 Å². The summed E-state index contributed by atoms with van der Waals surface area (Å²) in [5, 5.41) is 4.42. The summed E-state index contributed by atoms with van der Waals surface area (Å²) in [6, 6.07) is 7.65. The number of carbonyl (C=O) groups is 2. The Morgan fingerprint density at radius 2 is 1.87 bits per heavy atom. The number of nitrogens with zero attached hydrogens (tertiary/aromatic N) is 4. The maximum absolute atomic E-state index is 13.0. The highest BCUT2D eigenvalue weighted by atomic mass is 16.5. The van der Waals surface area contributed by atoms with Crippen LogP contribution in [0.2, 0.25) is 0 Å². The van der Waals surface area contributed by atoms with Crippen LogP contribution < -0.4 is 4.74 Å². The Morgan fingerprint density at radius 1 is 1.16 bits per heavy atom. The first-order valence-corrected chi connectivity index (χ1v) is 10.5. The van der Waals surface area contributed by atoms with Crippen LogP contribution in [0.3, 0.4) is 0 Å². The SMILES string of the molecule is COc1ccc(CN2CC(OC)CN(C(=O)CCc3c(C)nn(C)c3C)CC2=O)cc1. The number of rotatable bonds is 7. The number of amides is 2. The summed E-state index contributed by atoms with van der Waals surface area (Å²) >= 11 is 0. The monoisotopic (exact) mass is 428 g/mol. The van der Waals surface area contributed by atoms with Crippen LogP contribution in [0, 0.1) is 13.8 Å². The van der Waals surface area contributed by atoms with E-state index in [1.165, 1.54) is 0 Å². The number of aromatic nitrogens is 2. The smallest absolute Gasteiger partial charge is 0.242 e. The van der Waals surface area contributed by atoms with Gasteiger partial charge in [0.2, 0.25) is 11.8 Å². The van der Waals surface area contributed by atoms with Gasteiger partial charge >= 0.3 is 0 Å². The summed E-state index contributed by atoms with van der Waals surface area (Å²) in [7, 11) is 5.15. The van der Waals surface area contributed by atoms with E-state index in [1.54, 1.807) is 24.0 Å². The molecule has 2 amide bonds. The van der Waals surface area contributed by atoms with Gasteiger partial charge in [-0.05, 0) is 43.5 Å². The highest BCUT2D eigenvalue weighted by Gasteiger charge is 2.30. The lowest BCUT2D eigenvalue weighted by atomic mass is 10.1. The number of aryl methyl sites for hydroxylation is 2. The lowest BCUT2D eigenvalue weighted by Gasteiger charge is -2.23. The zero-order valence-corrected chi connectivity index (χ0v) is 19.1. The normalized spacial score (nSPS) is 17.1. The Labute approximate surface area is 183 Å². The van der Waals surface area contributed by atoms with Crippen LogP contribution in [-0.4, -0.2) is 71.4 Å². The molecule has 2 aromatic rings. The van der Waals surface area contributed by atoms with Crippen molar-refractivity contribution in [3.63, 3.8) is 0 Å². The molecule has 1 aromatic carbocycles. The molecule has 3 rings (SSSR count). The Hall–Kier alpha value is -2.87. The maximum atomic E-state index is 13.0. The van der Waals surface area contributed by atoms with Crippen LogP contribution in [-0.2, 0) is 34.3 Å². The van der Waals surface area contributed by atoms with Crippen molar-refractivity contribution in [1.82, 2.24) is 19.6 Å². The Kier molecular flexibility index (Phi) is 7.33. The molecule has 0 aliphatic carbocycles. The number of hydrogen-bond acceptors (Lipinski definition) is 5. The molecule has 1 atom stereocenters. The predicted molar refractivity (Wildman–Crippen MR) is 117 cm³/mol. The lowest BCUT2D eigenvalue weighted by molar-refractivity contribution is -0.139. The molecule has 1 aliphatic heterocycles. The minimum Gasteiger partial charge on any atom is -0.497 e. The average molecular weight is 429 g/mol. The van der Waals surface area contributed by atoms with E-state index in [-0.39, 0.29) is 24.5 Å². The third-order valence-electron chi connectivity index (χ3n) is 5.99. The fourth-order valence-corrected chi connectivity index (χ4v) is 3.99. The molecule has 0 N–H and O–H groups in total. The average Bonchev–Trinajstić information content (AvgIpc) is 2.90. The topological polar surface area (TPSA) is 76.9 Å². The van der Waals surface area contributed by atoms with Gasteiger partial charge in [0.25, 0.3) is 0 Å². The van der Waals surface area contributed by atoms with Gasteiger partial charge in [0.15, 0.2) is 0 Å². The fraction of sp³-hybridized carbons (Fsp3) is 0.522. The second kappa shape index (κ2) is 9.96. The van der Waals surface area contributed by atoms with Gasteiger partial charge in [-0.25, -0.2) is 0 Å². The molecule has 0 saturated carbocycles. The van der Waals surface area contributed by atoms with Crippen molar-refractivity contribution in [2.45, 2.75) is 39.3 Å². The van der Waals surface area contributed by atoms with E-state index in [4.69, 9.17) is 9.47 Å². The molecule has 1 unspecified atom stereocenters. The van der Waals surface area contributed by atoms with Crippen molar-refractivity contribution in [1.29, 1.82) is 0 Å². The molecule has 8 heteroatoms. The second-order valence-electron chi connectivity index (χ2n) is 8.03. The molecule has 1 saturated heterocycles. The second-order valence-corrected chi connectivity index (χ2v) is 8.03. The highest BCUT2D eigenvalue weighted by Crippen LogP contribution is 2.18. The van der Waals surface area contributed by atoms with E-state index in [0.717, 1.165) is 28.3 Å². The van der Waals surface area contributed by atoms with Crippen LogP contribution in [0.5, 0.6) is 5.75 Å². The first kappa shape index (κ1) is 22.8. The van der Waals surface area contributed by atoms with E-state index >= 15 is 0 Å². The molecule has 31 heavy (non-hydrogen) atoms. The van der Waals surface area contributed by atoms with Gasteiger partial charge in [-0.2, -0.15) is 5.10 Å². The van der Waals surface area contributed by atoms with Crippen LogP contribution in [0.1, 0.15) is 28.9 Å². The largest absolute Gasteiger partial charge is 0.497 e. The summed E-state index contributed by atoms with van der Waals surface area (Å²) in [5.74, 6) is 0.665. The zero-order chi connectivity index (χ0) is 22.5. The maximum Gasteiger partial charge on any atom is 0.242 e. The van der Waals surface area contributed by atoms with Crippen LogP contribution in [0.4, 0.5) is 0 Å². The summed E-state index contributed by atoms with van der Waals surface area (Å²) < 4.78 is 12.6. The molecular weight excluding hydrogens is 396 g/mol. The number of methoxy groups -OCH3 is 2. The van der Waals surface area contributed by atoms with Gasteiger partial charge < -0.3 is 19.3 Å². The number of benzene rings is 1. The van der Waals surface area contributed by atoms with Crippen molar-refractivity contribution in [2.75, 3.05) is 33.9 Å². The molecule has 2 heterocycles. The van der Waals surface area contributed by atoms with Crippen LogP contribution >= 0.6 is 0 Å². The first-order chi connectivity index (χ1) is 14.8. The van der Waals surface area contributed by atoms with Crippen molar-refractivity contribution in [3.05, 3.63) is 46.8 Å². The van der Waals surface area contributed by atoms with Gasteiger partial charge in [-0.15, -0.1) is 0 Å². The molecular formula is C23H32N4O4. The van der Waals surface area contributed by atoms with Gasteiger partial charge in [-0.1, -0.05) is 12.1 Å². The first-order valence-electron chi connectivity index (χ1n) is 10.5. The summed E-state index contributed by atoms with van der Waals surface area (Å²) in [5.41, 5.74) is 4.12. The molecule has 1 aromatic heterocycles.